The maximum absolute atomic E-state index is 12.3. The van der Waals surface area contributed by atoms with Crippen LogP contribution >= 0.6 is 0 Å². The van der Waals surface area contributed by atoms with Gasteiger partial charge >= 0.3 is 0 Å². The van der Waals surface area contributed by atoms with Crippen LogP contribution in [0.2, 0.25) is 0 Å². The average Bonchev–Trinajstić information content (AvgIpc) is 2.39. The molecule has 0 atom stereocenters. The number of hydrogen-bond donors (Lipinski definition) is 1. The van der Waals surface area contributed by atoms with E-state index < -0.39 is 9.84 Å². The molecule has 2 N–H and O–H groups in total. The van der Waals surface area contributed by atoms with Crippen LogP contribution < -0.4 is 5.73 Å². The number of sulfone groups is 1. The molecule has 0 saturated heterocycles. The van der Waals surface area contributed by atoms with Crippen molar-refractivity contribution >= 4 is 15.5 Å². The van der Waals surface area contributed by atoms with Crippen LogP contribution in [0.3, 0.4) is 0 Å². The lowest BCUT2D eigenvalue weighted by Crippen LogP contribution is -2.04. The molecule has 0 radical (unpaired) electrons. The van der Waals surface area contributed by atoms with E-state index >= 15 is 0 Å². The molecule has 90 valence electrons. The van der Waals surface area contributed by atoms with Gasteiger partial charge in [0.2, 0.25) is 9.84 Å². The van der Waals surface area contributed by atoms with Gasteiger partial charge in [-0.05, 0) is 30.3 Å². The monoisotopic (exact) mass is 258 g/mol. The molecule has 0 amide bonds. The van der Waals surface area contributed by atoms with Crippen molar-refractivity contribution in [2.45, 2.75) is 9.79 Å². The molecule has 18 heavy (non-hydrogen) atoms. The Morgan fingerprint density at radius 3 is 2.33 bits per heavy atom. The molecular formula is C13H10N2O2S. The van der Waals surface area contributed by atoms with Gasteiger partial charge in [0.1, 0.15) is 6.07 Å². The van der Waals surface area contributed by atoms with Gasteiger partial charge in [0.25, 0.3) is 0 Å². The fourth-order valence-electron chi connectivity index (χ4n) is 1.60. The Morgan fingerprint density at radius 1 is 1.06 bits per heavy atom. The van der Waals surface area contributed by atoms with Gasteiger partial charge in [0.05, 0.1) is 15.4 Å². The molecule has 2 aromatic carbocycles. The van der Waals surface area contributed by atoms with E-state index in [0.717, 1.165) is 0 Å². The molecule has 5 heteroatoms. The SMILES string of the molecule is N#Cc1cc(N)ccc1S(=O)(=O)c1ccccc1. The highest BCUT2D eigenvalue weighted by atomic mass is 32.2. The van der Waals surface area contributed by atoms with Crippen molar-refractivity contribution in [1.82, 2.24) is 0 Å². The van der Waals surface area contributed by atoms with E-state index in [0.29, 0.717) is 5.69 Å². The molecule has 0 aliphatic heterocycles. The van der Waals surface area contributed by atoms with Crippen molar-refractivity contribution in [2.24, 2.45) is 0 Å². The molecule has 0 aromatic heterocycles. The van der Waals surface area contributed by atoms with Crippen molar-refractivity contribution < 1.29 is 8.42 Å². The van der Waals surface area contributed by atoms with Crippen LogP contribution in [0, 0.1) is 11.3 Å². The first-order valence-corrected chi connectivity index (χ1v) is 6.64. The van der Waals surface area contributed by atoms with E-state index in [1.54, 1.807) is 18.2 Å². The lowest BCUT2D eigenvalue weighted by atomic mass is 10.2. The molecule has 2 rings (SSSR count). The second kappa shape index (κ2) is 4.51. The van der Waals surface area contributed by atoms with E-state index in [9.17, 15) is 8.42 Å². The van der Waals surface area contributed by atoms with E-state index in [1.807, 2.05) is 6.07 Å². The Kier molecular flexibility index (Phi) is 3.04. The molecule has 0 unspecified atom stereocenters. The molecule has 0 saturated carbocycles. The molecule has 2 aromatic rings. The topological polar surface area (TPSA) is 83.9 Å². The Balaban J connectivity index is 2.67. The fourth-order valence-corrected chi connectivity index (χ4v) is 3.01. The number of benzene rings is 2. The standard InChI is InChI=1S/C13H10N2O2S/c14-9-10-8-11(15)6-7-13(10)18(16,17)12-4-2-1-3-5-12/h1-8H,15H2. The molecule has 0 aliphatic carbocycles. The van der Waals surface area contributed by atoms with Gasteiger partial charge in [0, 0.05) is 5.69 Å². The molecule has 4 nitrogen and oxygen atoms in total. The first kappa shape index (κ1) is 12.1. The summed E-state index contributed by atoms with van der Waals surface area (Å²) in [4.78, 5) is 0.136. The van der Waals surface area contributed by atoms with Crippen LogP contribution in [-0.4, -0.2) is 8.42 Å². The average molecular weight is 258 g/mol. The van der Waals surface area contributed by atoms with Gasteiger partial charge in [-0.25, -0.2) is 8.42 Å². The van der Waals surface area contributed by atoms with Crippen LogP contribution in [0.5, 0.6) is 0 Å². The summed E-state index contributed by atoms with van der Waals surface area (Å²) in [6, 6.07) is 14.0. The number of nitrogens with two attached hydrogens (primary N) is 1. The Labute approximate surface area is 105 Å². The smallest absolute Gasteiger partial charge is 0.207 e. The van der Waals surface area contributed by atoms with Crippen LogP contribution in [0.1, 0.15) is 5.56 Å². The number of nitriles is 1. The van der Waals surface area contributed by atoms with Crippen molar-refractivity contribution in [3.8, 4) is 6.07 Å². The largest absolute Gasteiger partial charge is 0.399 e. The summed E-state index contributed by atoms with van der Waals surface area (Å²) in [7, 11) is -3.68. The zero-order valence-electron chi connectivity index (χ0n) is 9.37. The third-order valence-corrected chi connectivity index (χ3v) is 4.29. The van der Waals surface area contributed by atoms with Crippen LogP contribution in [0.4, 0.5) is 5.69 Å². The second-order valence-corrected chi connectivity index (χ2v) is 5.60. The van der Waals surface area contributed by atoms with Gasteiger partial charge < -0.3 is 5.73 Å². The lowest BCUT2D eigenvalue weighted by Gasteiger charge is -2.06. The minimum atomic E-state index is -3.68. The normalized spacial score (nSPS) is 10.8. The molecule has 0 spiro atoms. The predicted molar refractivity (Wildman–Crippen MR) is 67.5 cm³/mol. The van der Waals surface area contributed by atoms with E-state index in [2.05, 4.69) is 0 Å². The van der Waals surface area contributed by atoms with Crippen molar-refractivity contribution in [3.63, 3.8) is 0 Å². The van der Waals surface area contributed by atoms with Crippen LogP contribution in [-0.2, 0) is 9.84 Å². The molecular weight excluding hydrogens is 248 g/mol. The number of hydrogen-bond acceptors (Lipinski definition) is 4. The number of rotatable bonds is 2. The summed E-state index contributed by atoms with van der Waals surface area (Å²) < 4.78 is 24.7. The quantitative estimate of drug-likeness (QED) is 0.835. The molecule has 0 bridgehead atoms. The fraction of sp³-hybridized carbons (Fsp3) is 0. The molecule has 0 heterocycles. The van der Waals surface area contributed by atoms with Crippen LogP contribution in [0.25, 0.3) is 0 Å². The zero-order chi connectivity index (χ0) is 13.2. The number of nitrogens with zero attached hydrogens (tertiary/aromatic N) is 1. The van der Waals surface area contributed by atoms with Gasteiger partial charge in [0.15, 0.2) is 0 Å². The van der Waals surface area contributed by atoms with Crippen molar-refractivity contribution in [3.05, 3.63) is 54.1 Å². The number of anilines is 1. The summed E-state index contributed by atoms with van der Waals surface area (Å²) in [6.45, 7) is 0. The molecule has 0 fully saturated rings. The van der Waals surface area contributed by atoms with E-state index in [1.165, 1.54) is 30.3 Å². The maximum Gasteiger partial charge on any atom is 0.207 e. The lowest BCUT2D eigenvalue weighted by molar-refractivity contribution is 0.596. The predicted octanol–water partition coefficient (Wildman–Crippen LogP) is 1.97. The zero-order valence-corrected chi connectivity index (χ0v) is 10.2. The summed E-state index contributed by atoms with van der Waals surface area (Å²) >= 11 is 0. The van der Waals surface area contributed by atoms with E-state index in [-0.39, 0.29) is 15.4 Å². The minimum absolute atomic E-state index is 0.0228. The van der Waals surface area contributed by atoms with Gasteiger partial charge in [-0.3, -0.25) is 0 Å². The van der Waals surface area contributed by atoms with Gasteiger partial charge in [-0.2, -0.15) is 5.26 Å². The highest BCUT2D eigenvalue weighted by molar-refractivity contribution is 7.91. The summed E-state index contributed by atoms with van der Waals surface area (Å²) in [5.74, 6) is 0. The van der Waals surface area contributed by atoms with Crippen molar-refractivity contribution in [1.29, 1.82) is 5.26 Å². The third-order valence-electron chi connectivity index (χ3n) is 2.47. The Bertz CT molecular complexity index is 716. The third kappa shape index (κ3) is 2.06. The molecule has 0 aliphatic rings. The van der Waals surface area contributed by atoms with Gasteiger partial charge in [-0.1, -0.05) is 18.2 Å². The Hall–Kier alpha value is -2.32. The maximum atomic E-state index is 12.3. The first-order valence-electron chi connectivity index (χ1n) is 5.15. The minimum Gasteiger partial charge on any atom is -0.399 e. The highest BCUT2D eigenvalue weighted by Gasteiger charge is 2.20. The summed E-state index contributed by atoms with van der Waals surface area (Å²) in [6.07, 6.45) is 0. The highest BCUT2D eigenvalue weighted by Crippen LogP contribution is 2.25. The Morgan fingerprint density at radius 2 is 1.72 bits per heavy atom. The second-order valence-electron chi connectivity index (χ2n) is 3.68. The van der Waals surface area contributed by atoms with Crippen molar-refractivity contribution in [2.75, 3.05) is 5.73 Å². The van der Waals surface area contributed by atoms with E-state index in [4.69, 9.17) is 11.0 Å². The van der Waals surface area contributed by atoms with Gasteiger partial charge in [-0.15, -0.1) is 0 Å². The van der Waals surface area contributed by atoms with Crippen LogP contribution in [0.15, 0.2) is 58.3 Å². The summed E-state index contributed by atoms with van der Waals surface area (Å²) in [5.41, 5.74) is 5.95. The summed E-state index contributed by atoms with van der Waals surface area (Å²) in [5, 5.41) is 8.98. The first-order chi connectivity index (χ1) is 8.55. The number of nitrogen functional groups attached to an aromatic ring is 1.